The van der Waals surface area contributed by atoms with Gasteiger partial charge < -0.3 is 19.7 Å². The van der Waals surface area contributed by atoms with Gasteiger partial charge in [-0.2, -0.15) is 0 Å². The summed E-state index contributed by atoms with van der Waals surface area (Å²) in [6.45, 7) is 1.70. The van der Waals surface area contributed by atoms with Crippen LogP contribution in [0, 0.1) is 0 Å². The van der Waals surface area contributed by atoms with E-state index in [0.717, 1.165) is 30.3 Å². The molecule has 0 radical (unpaired) electrons. The third-order valence-electron chi connectivity index (χ3n) is 4.89. The van der Waals surface area contributed by atoms with E-state index in [1.165, 1.54) is 11.3 Å². The van der Waals surface area contributed by atoms with Crippen molar-refractivity contribution in [1.29, 1.82) is 0 Å². The second-order valence-electron chi connectivity index (χ2n) is 6.72. The summed E-state index contributed by atoms with van der Waals surface area (Å²) in [6.07, 6.45) is 2.63. The minimum Gasteiger partial charge on any atom is -0.497 e. The topological polar surface area (TPSA) is 63.7 Å². The molecule has 2 aromatic carbocycles. The van der Waals surface area contributed by atoms with E-state index in [0.29, 0.717) is 18.7 Å². The molecule has 6 heteroatoms. The van der Waals surface area contributed by atoms with E-state index < -0.39 is 0 Å². The molecule has 1 N–H and O–H groups in total. The Labute approximate surface area is 170 Å². The van der Waals surface area contributed by atoms with Crippen molar-refractivity contribution in [2.45, 2.75) is 6.42 Å². The highest BCUT2D eigenvalue weighted by Crippen LogP contribution is 2.32. The number of benzene rings is 2. The molecular weight excluding hydrogens is 366 g/mol. The van der Waals surface area contributed by atoms with Gasteiger partial charge in [-0.1, -0.05) is 18.2 Å². The molecule has 29 heavy (non-hydrogen) atoms. The Hall–Kier alpha value is -3.54. The third-order valence-corrected chi connectivity index (χ3v) is 4.89. The number of carbonyl (C=O) groups is 1. The summed E-state index contributed by atoms with van der Waals surface area (Å²) < 4.78 is 10.7. The zero-order valence-corrected chi connectivity index (χ0v) is 16.3. The molecule has 1 aliphatic rings. The predicted octanol–water partition coefficient (Wildman–Crippen LogP) is 3.59. The Morgan fingerprint density at radius 1 is 1.07 bits per heavy atom. The first-order valence-electron chi connectivity index (χ1n) is 9.61. The molecule has 0 fully saturated rings. The number of carbonyl (C=O) groups excluding carboxylic acids is 1. The highest BCUT2D eigenvalue weighted by atomic mass is 16.5. The summed E-state index contributed by atoms with van der Waals surface area (Å²) in [6, 6.07) is 19.4. The van der Waals surface area contributed by atoms with Gasteiger partial charge in [-0.05, 0) is 54.4 Å². The van der Waals surface area contributed by atoms with Crippen molar-refractivity contribution in [3.05, 3.63) is 78.0 Å². The van der Waals surface area contributed by atoms with Crippen LogP contribution in [0.3, 0.4) is 0 Å². The maximum absolute atomic E-state index is 12.3. The van der Waals surface area contributed by atoms with Gasteiger partial charge in [-0.3, -0.25) is 4.79 Å². The molecule has 0 spiro atoms. The molecule has 0 atom stereocenters. The number of methoxy groups -OCH3 is 1. The highest BCUT2D eigenvalue weighted by Gasteiger charge is 2.20. The minimum atomic E-state index is -0.163. The third kappa shape index (κ3) is 4.32. The van der Waals surface area contributed by atoms with Gasteiger partial charge in [0.15, 0.2) is 0 Å². The number of pyridine rings is 1. The van der Waals surface area contributed by atoms with E-state index >= 15 is 0 Å². The first kappa shape index (κ1) is 18.8. The van der Waals surface area contributed by atoms with Crippen molar-refractivity contribution in [3.8, 4) is 11.5 Å². The van der Waals surface area contributed by atoms with Crippen LogP contribution in [0.1, 0.15) is 15.9 Å². The smallest absolute Gasteiger partial charge is 0.252 e. The van der Waals surface area contributed by atoms with Crippen LogP contribution in [0.4, 0.5) is 11.5 Å². The van der Waals surface area contributed by atoms with E-state index in [4.69, 9.17) is 9.47 Å². The van der Waals surface area contributed by atoms with E-state index in [-0.39, 0.29) is 5.91 Å². The van der Waals surface area contributed by atoms with Gasteiger partial charge in [0.25, 0.3) is 5.91 Å². The number of anilines is 2. The van der Waals surface area contributed by atoms with E-state index in [2.05, 4.69) is 33.4 Å². The summed E-state index contributed by atoms with van der Waals surface area (Å²) >= 11 is 0. The molecule has 0 bridgehead atoms. The number of nitrogens with zero attached hydrogens (tertiary/aromatic N) is 2. The van der Waals surface area contributed by atoms with Crippen molar-refractivity contribution in [2.75, 3.05) is 31.7 Å². The lowest BCUT2D eigenvalue weighted by molar-refractivity contribution is 0.0946. The monoisotopic (exact) mass is 389 g/mol. The molecule has 6 nitrogen and oxygen atoms in total. The highest BCUT2D eigenvalue weighted by molar-refractivity contribution is 5.94. The van der Waals surface area contributed by atoms with Crippen molar-refractivity contribution < 1.29 is 14.3 Å². The fraction of sp³-hybridized carbons (Fsp3) is 0.217. The van der Waals surface area contributed by atoms with Crippen LogP contribution < -0.4 is 19.7 Å². The molecule has 1 aromatic heterocycles. The summed E-state index contributed by atoms with van der Waals surface area (Å²) in [5.41, 5.74) is 3.05. The zero-order valence-electron chi connectivity index (χ0n) is 16.3. The second-order valence-corrected chi connectivity index (χ2v) is 6.72. The summed E-state index contributed by atoms with van der Waals surface area (Å²) in [5.74, 6) is 2.20. The number of fused-ring (bicyclic) bond motifs is 1. The Kier molecular flexibility index (Phi) is 5.61. The molecular formula is C23H23N3O3. The number of hydrogen-bond donors (Lipinski definition) is 1. The number of hydrogen-bond acceptors (Lipinski definition) is 5. The van der Waals surface area contributed by atoms with Crippen LogP contribution in [0.25, 0.3) is 0 Å². The van der Waals surface area contributed by atoms with Gasteiger partial charge in [-0.15, -0.1) is 0 Å². The van der Waals surface area contributed by atoms with Crippen LogP contribution >= 0.6 is 0 Å². The molecule has 3 aromatic rings. The molecule has 1 amide bonds. The van der Waals surface area contributed by atoms with Gasteiger partial charge in [-0.25, -0.2) is 4.98 Å². The molecule has 0 aliphatic carbocycles. The molecule has 0 unspecified atom stereocenters. The zero-order chi connectivity index (χ0) is 20.1. The normalized spacial score (nSPS) is 12.4. The standard InChI is InChI=1S/C23H23N3O3/c1-28-19-7-9-20(10-8-19)29-15-13-24-23(27)18-6-11-22(25-16-18)26-14-12-17-4-2-3-5-21(17)26/h2-11,16H,12-15H2,1H3,(H,24,27). The first-order valence-corrected chi connectivity index (χ1v) is 9.61. The fourth-order valence-electron chi connectivity index (χ4n) is 3.36. The minimum absolute atomic E-state index is 0.163. The predicted molar refractivity (Wildman–Crippen MR) is 112 cm³/mol. The molecule has 0 saturated carbocycles. The van der Waals surface area contributed by atoms with Crippen molar-refractivity contribution in [3.63, 3.8) is 0 Å². The maximum Gasteiger partial charge on any atom is 0.252 e. The number of nitrogens with one attached hydrogen (secondary N) is 1. The fourth-order valence-corrected chi connectivity index (χ4v) is 3.36. The lowest BCUT2D eigenvalue weighted by Crippen LogP contribution is -2.28. The Balaban J connectivity index is 1.28. The van der Waals surface area contributed by atoms with Gasteiger partial charge in [0.2, 0.25) is 0 Å². The van der Waals surface area contributed by atoms with Gasteiger partial charge >= 0.3 is 0 Å². The number of rotatable bonds is 7. The van der Waals surface area contributed by atoms with E-state index in [1.807, 2.05) is 42.5 Å². The largest absolute Gasteiger partial charge is 0.497 e. The first-order chi connectivity index (χ1) is 14.2. The Bertz CT molecular complexity index is 971. The van der Waals surface area contributed by atoms with Crippen LogP contribution in [-0.2, 0) is 6.42 Å². The number of ether oxygens (including phenoxy) is 2. The second kappa shape index (κ2) is 8.65. The number of amides is 1. The average molecular weight is 389 g/mol. The number of para-hydroxylation sites is 1. The molecule has 4 rings (SSSR count). The Morgan fingerprint density at radius 2 is 1.86 bits per heavy atom. The lowest BCUT2D eigenvalue weighted by atomic mass is 10.2. The van der Waals surface area contributed by atoms with Crippen LogP contribution in [0.15, 0.2) is 66.9 Å². The van der Waals surface area contributed by atoms with Crippen LogP contribution in [0.5, 0.6) is 11.5 Å². The maximum atomic E-state index is 12.3. The van der Waals surface area contributed by atoms with Crippen molar-refractivity contribution >= 4 is 17.4 Å². The Morgan fingerprint density at radius 3 is 2.62 bits per heavy atom. The van der Waals surface area contributed by atoms with Crippen molar-refractivity contribution in [2.24, 2.45) is 0 Å². The lowest BCUT2D eigenvalue weighted by Gasteiger charge is -2.18. The molecule has 1 aliphatic heterocycles. The van der Waals surface area contributed by atoms with E-state index in [1.54, 1.807) is 13.3 Å². The summed E-state index contributed by atoms with van der Waals surface area (Å²) in [4.78, 5) is 19.0. The van der Waals surface area contributed by atoms with Crippen LogP contribution in [-0.4, -0.2) is 37.7 Å². The van der Waals surface area contributed by atoms with Gasteiger partial charge in [0.05, 0.1) is 19.2 Å². The summed E-state index contributed by atoms with van der Waals surface area (Å²) in [5, 5.41) is 2.85. The average Bonchev–Trinajstić information content (AvgIpc) is 3.21. The molecule has 0 saturated heterocycles. The quantitative estimate of drug-likeness (QED) is 0.626. The molecule has 148 valence electrons. The van der Waals surface area contributed by atoms with Gasteiger partial charge in [0, 0.05) is 18.4 Å². The number of aromatic nitrogens is 1. The van der Waals surface area contributed by atoms with E-state index in [9.17, 15) is 4.79 Å². The SMILES string of the molecule is COc1ccc(OCCNC(=O)c2ccc(N3CCc4ccccc43)nc2)cc1. The van der Waals surface area contributed by atoms with Gasteiger partial charge in [0.1, 0.15) is 23.9 Å². The van der Waals surface area contributed by atoms with Crippen molar-refractivity contribution in [1.82, 2.24) is 10.3 Å². The molecule has 2 heterocycles. The van der Waals surface area contributed by atoms with Crippen LogP contribution in [0.2, 0.25) is 0 Å². The summed E-state index contributed by atoms with van der Waals surface area (Å²) in [7, 11) is 1.62.